The Bertz CT molecular complexity index is 780. The van der Waals surface area contributed by atoms with Crippen LogP contribution >= 0.6 is 26.9 Å². The van der Waals surface area contributed by atoms with Crippen molar-refractivity contribution in [2.45, 2.75) is 33.0 Å². The molecule has 0 aliphatic carbocycles. The third kappa shape index (κ3) is 4.19. The standard InChI is InChI=1S/C23H25IOP/c1-3-19(2)25-18-20-12-10-11-17-23(20)26(24,21-13-6-4-7-14-21)22-15-8-5-9-16-22/h4-17,19H,3,18H2,1-2H3/q+1/t19-/m0/s1. The van der Waals surface area contributed by atoms with Crippen LogP contribution in [0.1, 0.15) is 25.8 Å². The van der Waals surface area contributed by atoms with Crippen LogP contribution in [-0.2, 0) is 11.3 Å². The van der Waals surface area contributed by atoms with Crippen LogP contribution in [0.5, 0.6) is 0 Å². The van der Waals surface area contributed by atoms with Gasteiger partial charge in [0.05, 0.1) is 12.7 Å². The highest BCUT2D eigenvalue weighted by Gasteiger charge is 2.44. The summed E-state index contributed by atoms with van der Waals surface area (Å²) in [6, 6.07) is 30.6. The van der Waals surface area contributed by atoms with Gasteiger partial charge >= 0.3 is 0 Å². The SMILES string of the molecule is CC[C@H](C)OCc1ccccc1[P+](I)(c1ccccc1)c1ccccc1. The molecule has 134 valence electrons. The Morgan fingerprint density at radius 3 is 1.85 bits per heavy atom. The second-order valence-electron chi connectivity index (χ2n) is 6.42. The number of halogens is 1. The molecule has 0 heterocycles. The van der Waals surface area contributed by atoms with Crippen LogP contribution < -0.4 is 15.9 Å². The normalized spacial score (nSPS) is 12.7. The molecule has 0 unspecified atom stereocenters. The van der Waals surface area contributed by atoms with Gasteiger partial charge in [0.25, 0.3) is 0 Å². The number of hydrogen-bond acceptors (Lipinski definition) is 1. The molecule has 1 atom stereocenters. The van der Waals surface area contributed by atoms with E-state index >= 15 is 0 Å². The Kier molecular flexibility index (Phi) is 6.86. The third-order valence-corrected chi connectivity index (χ3v) is 12.7. The van der Waals surface area contributed by atoms with Crippen molar-refractivity contribution in [1.82, 2.24) is 0 Å². The summed E-state index contributed by atoms with van der Waals surface area (Å²) >= 11 is 2.72. The van der Waals surface area contributed by atoms with E-state index < -0.39 is 4.90 Å². The summed E-state index contributed by atoms with van der Waals surface area (Å²) in [4.78, 5) is -1.74. The quantitative estimate of drug-likeness (QED) is 0.317. The Labute approximate surface area is 170 Å². The van der Waals surface area contributed by atoms with Crippen molar-refractivity contribution < 1.29 is 4.74 Å². The molecule has 0 saturated heterocycles. The molecule has 0 aliphatic rings. The van der Waals surface area contributed by atoms with Gasteiger partial charge < -0.3 is 4.74 Å². The maximum absolute atomic E-state index is 6.10. The van der Waals surface area contributed by atoms with Crippen molar-refractivity contribution in [2.75, 3.05) is 0 Å². The van der Waals surface area contributed by atoms with Gasteiger partial charge in [-0.2, -0.15) is 0 Å². The minimum atomic E-state index is -1.74. The molecule has 0 bridgehead atoms. The molecule has 0 aromatic heterocycles. The average Bonchev–Trinajstić information content (AvgIpc) is 2.73. The van der Waals surface area contributed by atoms with Crippen molar-refractivity contribution in [3.05, 3.63) is 90.5 Å². The van der Waals surface area contributed by atoms with Crippen molar-refractivity contribution >= 4 is 42.9 Å². The van der Waals surface area contributed by atoms with Crippen molar-refractivity contribution in [3.63, 3.8) is 0 Å². The third-order valence-electron chi connectivity index (χ3n) is 4.65. The first-order chi connectivity index (χ1) is 12.7. The highest BCUT2D eigenvalue weighted by atomic mass is 127. The largest absolute Gasteiger partial charge is 0.374 e. The van der Waals surface area contributed by atoms with Gasteiger partial charge in [-0.05, 0) is 43.7 Å². The minimum Gasteiger partial charge on any atom is -0.374 e. The van der Waals surface area contributed by atoms with Gasteiger partial charge in [-0.1, -0.05) is 61.5 Å². The summed E-state index contributed by atoms with van der Waals surface area (Å²) in [5.41, 5.74) is 1.29. The zero-order valence-corrected chi connectivity index (χ0v) is 18.4. The van der Waals surface area contributed by atoms with E-state index in [-0.39, 0.29) is 6.10 Å². The Hall–Kier alpha value is -1.22. The molecule has 0 radical (unpaired) electrons. The van der Waals surface area contributed by atoms with Crippen LogP contribution in [0, 0.1) is 0 Å². The van der Waals surface area contributed by atoms with Gasteiger partial charge in [0.2, 0.25) is 0 Å². The van der Waals surface area contributed by atoms with E-state index in [1.165, 1.54) is 21.5 Å². The van der Waals surface area contributed by atoms with Gasteiger partial charge in [0.1, 0.15) is 15.9 Å². The van der Waals surface area contributed by atoms with Crippen LogP contribution in [0.15, 0.2) is 84.9 Å². The van der Waals surface area contributed by atoms with Crippen molar-refractivity contribution in [1.29, 1.82) is 0 Å². The predicted octanol–water partition coefficient (Wildman–Crippen LogP) is 5.65. The van der Waals surface area contributed by atoms with Crippen LogP contribution in [0.2, 0.25) is 0 Å². The lowest BCUT2D eigenvalue weighted by Gasteiger charge is -2.23. The summed E-state index contributed by atoms with van der Waals surface area (Å²) in [5, 5.41) is 4.19. The van der Waals surface area contributed by atoms with Crippen LogP contribution in [-0.4, -0.2) is 6.10 Å². The maximum Gasteiger partial charge on any atom is 0.173 e. The molecule has 26 heavy (non-hydrogen) atoms. The molecule has 3 aromatic rings. The fraction of sp³-hybridized carbons (Fsp3) is 0.217. The van der Waals surface area contributed by atoms with Crippen molar-refractivity contribution in [2.24, 2.45) is 0 Å². The monoisotopic (exact) mass is 475 g/mol. The summed E-state index contributed by atoms with van der Waals surface area (Å²) in [6.07, 6.45) is 1.31. The van der Waals surface area contributed by atoms with E-state index in [1.54, 1.807) is 0 Å². The van der Waals surface area contributed by atoms with E-state index in [4.69, 9.17) is 4.74 Å². The number of ether oxygens (including phenoxy) is 1. The van der Waals surface area contributed by atoms with Crippen molar-refractivity contribution in [3.8, 4) is 0 Å². The van der Waals surface area contributed by atoms with Gasteiger partial charge in [0.15, 0.2) is 26.9 Å². The Balaban J connectivity index is 2.12. The molecule has 0 aliphatic heterocycles. The predicted molar refractivity (Wildman–Crippen MR) is 124 cm³/mol. The highest BCUT2D eigenvalue weighted by Crippen LogP contribution is 2.63. The molecule has 3 aromatic carbocycles. The average molecular weight is 475 g/mol. The molecule has 3 rings (SSSR count). The van der Waals surface area contributed by atoms with E-state index in [9.17, 15) is 0 Å². The minimum absolute atomic E-state index is 0.276. The Morgan fingerprint density at radius 1 is 0.808 bits per heavy atom. The van der Waals surface area contributed by atoms with Crippen LogP contribution in [0.25, 0.3) is 0 Å². The number of benzene rings is 3. The lowest BCUT2D eigenvalue weighted by molar-refractivity contribution is 0.0513. The molecular weight excluding hydrogens is 450 g/mol. The lowest BCUT2D eigenvalue weighted by atomic mass is 10.2. The Morgan fingerprint density at radius 2 is 1.31 bits per heavy atom. The summed E-state index contributed by atoms with van der Waals surface area (Å²) in [7, 11) is 0. The smallest absolute Gasteiger partial charge is 0.173 e. The van der Waals surface area contributed by atoms with Gasteiger partial charge in [-0.15, -0.1) is 0 Å². The first-order valence-electron chi connectivity index (χ1n) is 9.06. The summed E-state index contributed by atoms with van der Waals surface area (Å²) in [6.45, 7) is 4.97. The molecule has 0 amide bonds. The van der Waals surface area contributed by atoms with E-state index in [0.717, 1.165) is 6.42 Å². The van der Waals surface area contributed by atoms with Gasteiger partial charge in [-0.3, -0.25) is 0 Å². The highest BCUT2D eigenvalue weighted by molar-refractivity contribution is 14.2. The summed E-state index contributed by atoms with van der Waals surface area (Å²) in [5.74, 6) is 0. The van der Waals surface area contributed by atoms with Crippen LogP contribution in [0.3, 0.4) is 0 Å². The second kappa shape index (κ2) is 9.12. The molecule has 0 spiro atoms. The number of rotatable bonds is 7. The van der Waals surface area contributed by atoms with Gasteiger partial charge in [-0.25, -0.2) is 0 Å². The fourth-order valence-corrected chi connectivity index (χ4v) is 9.17. The molecule has 3 heteroatoms. The lowest BCUT2D eigenvalue weighted by Crippen LogP contribution is -2.29. The van der Waals surface area contributed by atoms with E-state index in [2.05, 4.69) is 121 Å². The maximum atomic E-state index is 6.10. The first kappa shape index (κ1) is 19.5. The van der Waals surface area contributed by atoms with Gasteiger partial charge in [0, 0.05) is 5.56 Å². The molecular formula is C23H25IOP+. The van der Waals surface area contributed by atoms with E-state index in [1.807, 2.05) is 0 Å². The zero-order chi connectivity index (χ0) is 18.4. The second-order valence-corrected chi connectivity index (χ2v) is 13.5. The number of hydrogen-bond donors (Lipinski definition) is 0. The van der Waals surface area contributed by atoms with E-state index in [0.29, 0.717) is 6.61 Å². The molecule has 0 N–H and O–H groups in total. The molecule has 0 fully saturated rings. The zero-order valence-electron chi connectivity index (χ0n) is 15.3. The first-order valence-corrected chi connectivity index (χ1v) is 13.6. The fourth-order valence-electron chi connectivity index (χ4n) is 2.98. The topological polar surface area (TPSA) is 9.23 Å². The van der Waals surface area contributed by atoms with Crippen LogP contribution in [0.4, 0.5) is 0 Å². The molecule has 1 nitrogen and oxygen atoms in total. The molecule has 0 saturated carbocycles. The summed E-state index contributed by atoms with van der Waals surface area (Å²) < 4.78 is 6.10.